The second kappa shape index (κ2) is 5.91. The molecule has 0 saturated heterocycles. The normalized spacial score (nSPS) is 10.2. The maximum atomic E-state index is 11.8. The van der Waals surface area contributed by atoms with E-state index < -0.39 is 5.97 Å². The number of aryl methyl sites for hydroxylation is 1. The molecule has 1 aromatic heterocycles. The Bertz CT molecular complexity index is 620. The van der Waals surface area contributed by atoms with E-state index in [9.17, 15) is 9.59 Å². The minimum atomic E-state index is -0.892. The van der Waals surface area contributed by atoms with Crippen LogP contribution in [-0.4, -0.2) is 37.2 Å². The molecule has 20 heavy (non-hydrogen) atoms. The molecule has 2 aromatic rings. The number of rotatable bonds is 5. The maximum Gasteiger partial charge on any atom is 0.307 e. The molecule has 104 valence electrons. The number of amides is 1. The van der Waals surface area contributed by atoms with E-state index in [0.717, 1.165) is 0 Å². The number of nitrogens with zero attached hydrogens (tertiary/aromatic N) is 4. The van der Waals surface area contributed by atoms with Crippen molar-refractivity contribution < 1.29 is 14.7 Å². The molecule has 8 nitrogen and oxygen atoms in total. The molecule has 0 radical (unpaired) electrons. The van der Waals surface area contributed by atoms with Crippen LogP contribution in [0.3, 0.4) is 0 Å². The first-order valence-electron chi connectivity index (χ1n) is 5.86. The van der Waals surface area contributed by atoms with E-state index in [-0.39, 0.29) is 18.7 Å². The van der Waals surface area contributed by atoms with E-state index in [4.69, 9.17) is 5.11 Å². The van der Waals surface area contributed by atoms with Gasteiger partial charge in [0.2, 0.25) is 5.91 Å². The van der Waals surface area contributed by atoms with Gasteiger partial charge in [0, 0.05) is 12.7 Å². The maximum absolute atomic E-state index is 11.8. The van der Waals surface area contributed by atoms with Crippen LogP contribution in [0.25, 0.3) is 0 Å². The highest BCUT2D eigenvalue weighted by Crippen LogP contribution is 2.10. The number of benzene rings is 1. The zero-order valence-corrected chi connectivity index (χ0v) is 10.8. The number of carbonyl (C=O) groups is 2. The standard InChI is InChI=1S/C12H13N5O3/c1-17-10(14-15-16-17)7-11(18)13-9-4-2-8(3-5-9)6-12(19)20/h2-5H,6-7H2,1H3,(H,13,18)(H,19,20). The van der Waals surface area contributed by atoms with Gasteiger partial charge in [0.25, 0.3) is 0 Å². The van der Waals surface area contributed by atoms with Crippen molar-refractivity contribution in [2.24, 2.45) is 7.05 Å². The molecule has 0 atom stereocenters. The summed E-state index contributed by atoms with van der Waals surface area (Å²) >= 11 is 0. The van der Waals surface area contributed by atoms with Crippen molar-refractivity contribution in [2.75, 3.05) is 5.32 Å². The van der Waals surface area contributed by atoms with Gasteiger partial charge in [-0.2, -0.15) is 0 Å². The number of carbonyl (C=O) groups excluding carboxylic acids is 1. The molecule has 0 fully saturated rings. The monoisotopic (exact) mass is 275 g/mol. The van der Waals surface area contributed by atoms with Gasteiger partial charge < -0.3 is 10.4 Å². The predicted octanol–water partition coefficient (Wildman–Crippen LogP) is 0.0184. The van der Waals surface area contributed by atoms with Crippen molar-refractivity contribution in [1.82, 2.24) is 20.2 Å². The first kappa shape index (κ1) is 13.7. The molecule has 0 saturated carbocycles. The molecular formula is C12H13N5O3. The fraction of sp³-hybridized carbons (Fsp3) is 0.250. The van der Waals surface area contributed by atoms with E-state index in [1.807, 2.05) is 0 Å². The van der Waals surface area contributed by atoms with Crippen molar-refractivity contribution in [1.29, 1.82) is 0 Å². The van der Waals surface area contributed by atoms with Gasteiger partial charge in [-0.1, -0.05) is 12.1 Å². The number of aromatic nitrogens is 4. The lowest BCUT2D eigenvalue weighted by molar-refractivity contribution is -0.136. The van der Waals surface area contributed by atoms with Crippen LogP contribution in [0.4, 0.5) is 5.69 Å². The van der Waals surface area contributed by atoms with Crippen LogP contribution in [-0.2, 0) is 29.5 Å². The van der Waals surface area contributed by atoms with Gasteiger partial charge >= 0.3 is 5.97 Å². The Morgan fingerprint density at radius 2 is 1.95 bits per heavy atom. The smallest absolute Gasteiger partial charge is 0.307 e. The molecule has 1 heterocycles. The topological polar surface area (TPSA) is 110 Å². The summed E-state index contributed by atoms with van der Waals surface area (Å²) in [6.45, 7) is 0. The van der Waals surface area contributed by atoms with Gasteiger partial charge in [-0.15, -0.1) is 5.10 Å². The lowest BCUT2D eigenvalue weighted by Crippen LogP contribution is -2.17. The van der Waals surface area contributed by atoms with E-state index in [2.05, 4.69) is 20.8 Å². The molecule has 0 bridgehead atoms. The third-order valence-electron chi connectivity index (χ3n) is 2.62. The van der Waals surface area contributed by atoms with Crippen LogP contribution in [0.5, 0.6) is 0 Å². The fourth-order valence-corrected chi connectivity index (χ4v) is 1.63. The summed E-state index contributed by atoms with van der Waals surface area (Å²) in [5.41, 5.74) is 1.27. The Morgan fingerprint density at radius 1 is 1.25 bits per heavy atom. The molecular weight excluding hydrogens is 262 g/mol. The molecule has 1 aromatic carbocycles. The number of nitrogens with one attached hydrogen (secondary N) is 1. The van der Waals surface area contributed by atoms with Gasteiger partial charge in [-0.05, 0) is 28.1 Å². The number of tetrazole rings is 1. The molecule has 0 spiro atoms. The summed E-state index contributed by atoms with van der Waals surface area (Å²) in [5, 5.41) is 22.2. The number of carboxylic acid groups (broad SMARTS) is 1. The Hall–Kier alpha value is -2.77. The Balaban J connectivity index is 1.94. The van der Waals surface area contributed by atoms with E-state index in [1.165, 1.54) is 4.68 Å². The van der Waals surface area contributed by atoms with Crippen LogP contribution in [0.15, 0.2) is 24.3 Å². The zero-order chi connectivity index (χ0) is 14.5. The lowest BCUT2D eigenvalue weighted by Gasteiger charge is -2.05. The first-order chi connectivity index (χ1) is 9.54. The Labute approximate surface area is 114 Å². The Kier molecular flexibility index (Phi) is 4.04. The number of carboxylic acids is 1. The van der Waals surface area contributed by atoms with Gasteiger partial charge in [0.05, 0.1) is 12.8 Å². The summed E-state index contributed by atoms with van der Waals surface area (Å²) in [7, 11) is 1.66. The molecule has 1 amide bonds. The highest BCUT2D eigenvalue weighted by atomic mass is 16.4. The van der Waals surface area contributed by atoms with Crippen LogP contribution in [0.1, 0.15) is 11.4 Å². The number of anilines is 1. The summed E-state index contributed by atoms with van der Waals surface area (Å²) < 4.78 is 1.43. The SMILES string of the molecule is Cn1nnnc1CC(=O)Nc1ccc(CC(=O)O)cc1. The summed E-state index contributed by atoms with van der Waals surface area (Å²) in [6, 6.07) is 6.64. The number of hydrogen-bond donors (Lipinski definition) is 2. The highest BCUT2D eigenvalue weighted by molar-refractivity contribution is 5.91. The van der Waals surface area contributed by atoms with Gasteiger partial charge in [0.1, 0.15) is 0 Å². The predicted molar refractivity (Wildman–Crippen MR) is 68.9 cm³/mol. The number of aliphatic carboxylic acids is 1. The largest absolute Gasteiger partial charge is 0.481 e. The lowest BCUT2D eigenvalue weighted by atomic mass is 10.1. The molecule has 0 aliphatic rings. The average Bonchev–Trinajstić information content (AvgIpc) is 2.77. The quantitative estimate of drug-likeness (QED) is 0.796. The first-order valence-corrected chi connectivity index (χ1v) is 5.86. The van der Waals surface area contributed by atoms with Crippen LogP contribution in [0, 0.1) is 0 Å². The van der Waals surface area contributed by atoms with Crippen molar-refractivity contribution in [2.45, 2.75) is 12.8 Å². The zero-order valence-electron chi connectivity index (χ0n) is 10.8. The molecule has 0 aliphatic heterocycles. The van der Waals surface area contributed by atoms with Gasteiger partial charge in [-0.25, -0.2) is 4.68 Å². The third kappa shape index (κ3) is 3.61. The minimum absolute atomic E-state index is 0.0428. The van der Waals surface area contributed by atoms with Gasteiger partial charge in [0.15, 0.2) is 5.82 Å². The van der Waals surface area contributed by atoms with E-state index in [1.54, 1.807) is 31.3 Å². The molecule has 2 N–H and O–H groups in total. The van der Waals surface area contributed by atoms with Crippen molar-refractivity contribution in [3.8, 4) is 0 Å². The third-order valence-corrected chi connectivity index (χ3v) is 2.62. The molecule has 0 aliphatic carbocycles. The van der Waals surface area contributed by atoms with Crippen LogP contribution < -0.4 is 5.32 Å². The summed E-state index contributed by atoms with van der Waals surface area (Å²) in [5.74, 6) is -0.671. The summed E-state index contributed by atoms with van der Waals surface area (Å²) in [6.07, 6.45) is 0.0270. The molecule has 0 unspecified atom stereocenters. The van der Waals surface area contributed by atoms with Gasteiger partial charge in [-0.3, -0.25) is 9.59 Å². The second-order valence-electron chi connectivity index (χ2n) is 4.21. The van der Waals surface area contributed by atoms with Crippen molar-refractivity contribution in [3.05, 3.63) is 35.7 Å². The summed E-state index contributed by atoms with van der Waals surface area (Å²) in [4.78, 5) is 22.3. The van der Waals surface area contributed by atoms with Crippen LogP contribution >= 0.6 is 0 Å². The minimum Gasteiger partial charge on any atom is -0.481 e. The average molecular weight is 275 g/mol. The second-order valence-corrected chi connectivity index (χ2v) is 4.21. The van der Waals surface area contributed by atoms with Crippen molar-refractivity contribution in [3.63, 3.8) is 0 Å². The highest BCUT2D eigenvalue weighted by Gasteiger charge is 2.09. The van der Waals surface area contributed by atoms with Crippen LogP contribution in [0.2, 0.25) is 0 Å². The number of hydrogen-bond acceptors (Lipinski definition) is 5. The van der Waals surface area contributed by atoms with E-state index >= 15 is 0 Å². The Morgan fingerprint density at radius 3 is 2.50 bits per heavy atom. The van der Waals surface area contributed by atoms with E-state index in [0.29, 0.717) is 17.1 Å². The molecule has 2 rings (SSSR count). The molecule has 8 heteroatoms. The van der Waals surface area contributed by atoms with Crippen molar-refractivity contribution >= 4 is 17.6 Å². The fourth-order valence-electron chi connectivity index (χ4n) is 1.63.